The van der Waals surface area contributed by atoms with Gasteiger partial charge in [0.25, 0.3) is 5.91 Å². The molecule has 3 aromatic rings. The summed E-state index contributed by atoms with van der Waals surface area (Å²) in [7, 11) is 0. The number of aromatic nitrogens is 3. The first-order chi connectivity index (χ1) is 13.8. The van der Waals surface area contributed by atoms with Gasteiger partial charge in [0.1, 0.15) is 11.6 Å². The average molecular weight is 394 g/mol. The van der Waals surface area contributed by atoms with Gasteiger partial charge in [-0.05, 0) is 44.4 Å². The lowest BCUT2D eigenvalue weighted by atomic mass is 9.97. The van der Waals surface area contributed by atoms with Crippen LogP contribution in [0.3, 0.4) is 0 Å². The van der Waals surface area contributed by atoms with Crippen LogP contribution in [-0.2, 0) is 5.60 Å². The summed E-state index contributed by atoms with van der Waals surface area (Å²) in [4.78, 5) is 19.4. The van der Waals surface area contributed by atoms with Gasteiger partial charge in [-0.2, -0.15) is 9.61 Å². The topological polar surface area (TPSA) is 109 Å². The maximum atomic E-state index is 12.7. The molecule has 1 atom stereocenters. The van der Waals surface area contributed by atoms with E-state index in [0.717, 1.165) is 37.3 Å². The minimum Gasteiger partial charge on any atom is -0.386 e. The van der Waals surface area contributed by atoms with E-state index in [-0.39, 0.29) is 11.9 Å². The monoisotopic (exact) mass is 394 g/mol. The van der Waals surface area contributed by atoms with E-state index >= 15 is 0 Å². The number of aliphatic hydroxyl groups is 1. The Balaban J connectivity index is 1.60. The summed E-state index contributed by atoms with van der Waals surface area (Å²) in [5, 5.41) is 17.3. The minimum atomic E-state index is -0.951. The lowest BCUT2D eigenvalue weighted by Gasteiger charge is -2.32. The van der Waals surface area contributed by atoms with Crippen LogP contribution < -0.4 is 16.0 Å². The predicted octanol–water partition coefficient (Wildman–Crippen LogP) is 2.14. The number of nitrogens with one attached hydrogen (secondary N) is 1. The Morgan fingerprint density at radius 2 is 2.03 bits per heavy atom. The van der Waals surface area contributed by atoms with Crippen LogP contribution >= 0.6 is 0 Å². The molecule has 8 nitrogen and oxygen atoms in total. The summed E-state index contributed by atoms with van der Waals surface area (Å²) in [5.41, 5.74) is 7.10. The summed E-state index contributed by atoms with van der Waals surface area (Å²) < 4.78 is 1.77. The quantitative estimate of drug-likeness (QED) is 0.626. The molecule has 1 aliphatic rings. The Morgan fingerprint density at radius 3 is 2.72 bits per heavy atom. The molecule has 29 heavy (non-hydrogen) atoms. The first kappa shape index (κ1) is 19.4. The summed E-state index contributed by atoms with van der Waals surface area (Å²) in [6.07, 6.45) is 3.71. The molecule has 1 amide bonds. The van der Waals surface area contributed by atoms with Gasteiger partial charge in [-0.3, -0.25) is 4.79 Å². The van der Waals surface area contributed by atoms with Gasteiger partial charge >= 0.3 is 0 Å². The number of rotatable bonds is 4. The SMILES string of the molecule is CC(C)(O)c1ccc(C(=O)Nc2cc(N3CCC[C@@H](N)C3)n3nccc3n2)cc1. The van der Waals surface area contributed by atoms with Crippen molar-refractivity contribution in [1.82, 2.24) is 14.6 Å². The van der Waals surface area contributed by atoms with Crippen molar-refractivity contribution in [3.8, 4) is 0 Å². The van der Waals surface area contributed by atoms with Crippen molar-refractivity contribution < 1.29 is 9.90 Å². The maximum Gasteiger partial charge on any atom is 0.256 e. The number of piperidine rings is 1. The van der Waals surface area contributed by atoms with E-state index in [1.54, 1.807) is 54.9 Å². The van der Waals surface area contributed by atoms with Crippen LogP contribution in [0, 0.1) is 0 Å². The van der Waals surface area contributed by atoms with E-state index in [2.05, 4.69) is 20.3 Å². The Morgan fingerprint density at radius 1 is 1.28 bits per heavy atom. The van der Waals surface area contributed by atoms with Crippen LogP contribution in [-0.4, -0.2) is 44.7 Å². The Bertz CT molecular complexity index is 1020. The highest BCUT2D eigenvalue weighted by Crippen LogP contribution is 2.24. The number of nitrogens with two attached hydrogens (primary N) is 1. The fourth-order valence-electron chi connectivity index (χ4n) is 3.62. The summed E-state index contributed by atoms with van der Waals surface area (Å²) >= 11 is 0. The Hall–Kier alpha value is -2.97. The van der Waals surface area contributed by atoms with Crippen LogP contribution in [0.1, 0.15) is 42.6 Å². The zero-order valence-electron chi connectivity index (χ0n) is 16.7. The maximum absolute atomic E-state index is 12.7. The highest BCUT2D eigenvalue weighted by atomic mass is 16.3. The largest absolute Gasteiger partial charge is 0.386 e. The molecule has 1 saturated heterocycles. The molecule has 0 unspecified atom stereocenters. The zero-order valence-corrected chi connectivity index (χ0v) is 16.7. The van der Waals surface area contributed by atoms with Gasteiger partial charge in [0, 0.05) is 36.8 Å². The highest BCUT2D eigenvalue weighted by Gasteiger charge is 2.21. The molecule has 8 heteroatoms. The van der Waals surface area contributed by atoms with Gasteiger partial charge in [-0.1, -0.05) is 12.1 Å². The summed E-state index contributed by atoms with van der Waals surface area (Å²) in [6, 6.07) is 10.7. The van der Waals surface area contributed by atoms with Crippen molar-refractivity contribution in [2.75, 3.05) is 23.3 Å². The molecule has 152 valence electrons. The molecule has 3 heterocycles. The Kier molecular flexibility index (Phi) is 4.97. The molecular formula is C21H26N6O2. The first-order valence-electron chi connectivity index (χ1n) is 9.81. The van der Waals surface area contributed by atoms with Crippen LogP contribution in [0.25, 0.3) is 5.65 Å². The molecule has 1 aromatic carbocycles. The third-order valence-electron chi connectivity index (χ3n) is 5.22. The van der Waals surface area contributed by atoms with Gasteiger partial charge < -0.3 is 21.1 Å². The van der Waals surface area contributed by atoms with Crippen molar-refractivity contribution in [1.29, 1.82) is 0 Å². The second-order valence-corrected chi connectivity index (χ2v) is 8.04. The molecule has 0 saturated carbocycles. The van der Waals surface area contributed by atoms with Gasteiger partial charge in [-0.25, -0.2) is 4.98 Å². The third kappa shape index (κ3) is 4.08. The number of hydrogen-bond donors (Lipinski definition) is 3. The molecule has 1 aliphatic heterocycles. The third-order valence-corrected chi connectivity index (χ3v) is 5.22. The van der Waals surface area contributed by atoms with E-state index in [0.29, 0.717) is 17.0 Å². The van der Waals surface area contributed by atoms with Gasteiger partial charge in [0.05, 0.1) is 11.8 Å². The number of hydrogen-bond acceptors (Lipinski definition) is 6. The number of nitrogens with zero attached hydrogens (tertiary/aromatic N) is 4. The van der Waals surface area contributed by atoms with E-state index in [4.69, 9.17) is 5.73 Å². The number of amides is 1. The van der Waals surface area contributed by atoms with Crippen LogP contribution in [0.4, 0.5) is 11.6 Å². The molecule has 0 spiro atoms. The van der Waals surface area contributed by atoms with E-state index in [9.17, 15) is 9.90 Å². The average Bonchev–Trinajstić information content (AvgIpc) is 3.15. The Labute approximate surface area is 169 Å². The van der Waals surface area contributed by atoms with Crippen LogP contribution in [0.15, 0.2) is 42.6 Å². The predicted molar refractivity (Wildman–Crippen MR) is 112 cm³/mol. The van der Waals surface area contributed by atoms with Crippen LogP contribution in [0.5, 0.6) is 0 Å². The number of carbonyl (C=O) groups is 1. The van der Waals surface area contributed by atoms with Crippen molar-refractivity contribution in [2.24, 2.45) is 5.73 Å². The van der Waals surface area contributed by atoms with Crippen LogP contribution in [0.2, 0.25) is 0 Å². The van der Waals surface area contributed by atoms with E-state index in [1.165, 1.54) is 0 Å². The second-order valence-electron chi connectivity index (χ2n) is 8.04. The van der Waals surface area contributed by atoms with E-state index < -0.39 is 5.60 Å². The second kappa shape index (κ2) is 7.46. The minimum absolute atomic E-state index is 0.120. The molecule has 1 fully saturated rings. The smallest absolute Gasteiger partial charge is 0.256 e. The number of fused-ring (bicyclic) bond motifs is 1. The van der Waals surface area contributed by atoms with Gasteiger partial charge in [0.15, 0.2) is 5.65 Å². The number of anilines is 2. The molecule has 0 aliphatic carbocycles. The number of carbonyl (C=O) groups excluding carboxylic acids is 1. The summed E-state index contributed by atoms with van der Waals surface area (Å²) in [5.74, 6) is 1.07. The number of benzene rings is 1. The fourth-order valence-corrected chi connectivity index (χ4v) is 3.62. The van der Waals surface area contributed by atoms with Gasteiger partial charge in [0.2, 0.25) is 0 Å². The highest BCUT2D eigenvalue weighted by molar-refractivity contribution is 6.04. The molecule has 0 bridgehead atoms. The van der Waals surface area contributed by atoms with Crippen molar-refractivity contribution in [3.05, 3.63) is 53.7 Å². The molecule has 2 aromatic heterocycles. The van der Waals surface area contributed by atoms with E-state index in [1.807, 2.05) is 6.07 Å². The summed E-state index contributed by atoms with van der Waals surface area (Å²) in [6.45, 7) is 5.05. The standard InChI is InChI=1S/C21H26N6O2/c1-21(2,29)15-7-5-14(6-8-15)20(28)25-17-12-19(26-11-3-4-16(22)13-26)27-18(24-17)9-10-23-27/h5-10,12,16,29H,3-4,11,13,22H2,1-2H3,(H,24,25,28)/t16-/m1/s1. The molecule has 4 N–H and O–H groups in total. The normalized spacial score (nSPS) is 17.5. The molecule has 0 radical (unpaired) electrons. The lowest BCUT2D eigenvalue weighted by molar-refractivity contribution is 0.0785. The van der Waals surface area contributed by atoms with Gasteiger partial charge in [-0.15, -0.1) is 0 Å². The first-order valence-corrected chi connectivity index (χ1v) is 9.81. The fraction of sp³-hybridized carbons (Fsp3) is 0.381. The van der Waals surface area contributed by atoms with Crippen molar-refractivity contribution >= 4 is 23.2 Å². The lowest BCUT2D eigenvalue weighted by Crippen LogP contribution is -2.43. The molecule has 4 rings (SSSR count). The van der Waals surface area contributed by atoms with Crippen molar-refractivity contribution in [2.45, 2.75) is 38.3 Å². The molecular weight excluding hydrogens is 368 g/mol. The van der Waals surface area contributed by atoms with Crippen molar-refractivity contribution in [3.63, 3.8) is 0 Å². The zero-order chi connectivity index (χ0) is 20.6.